The summed E-state index contributed by atoms with van der Waals surface area (Å²) >= 11 is 0. The van der Waals surface area contributed by atoms with Gasteiger partial charge in [-0.1, -0.05) is 60.7 Å². The zero-order valence-electron chi connectivity index (χ0n) is 22.2. The number of likely N-dealkylation sites (tertiary alicyclic amines) is 1. The standard InChI is InChI=1S/C29H39N3O5/c1-29(2,3)37-28(35)31-24(18-22-14-9-6-10-15-22)26(33)30-23-19-25(27(34)36-4)32(20-23)17-11-16-21-12-7-5-8-13-21/h5-10,12-15,23-25H,11,16-20H2,1-4H3,(H,30,33)(H,31,35)/t23-,24-,25-/m0/s1. The van der Waals surface area contributed by atoms with Gasteiger partial charge in [0.25, 0.3) is 0 Å². The van der Waals surface area contributed by atoms with Gasteiger partial charge < -0.3 is 20.1 Å². The minimum absolute atomic E-state index is 0.243. The summed E-state index contributed by atoms with van der Waals surface area (Å²) in [5, 5.41) is 5.78. The smallest absolute Gasteiger partial charge is 0.408 e. The molecule has 8 nitrogen and oxygen atoms in total. The second-order valence-electron chi connectivity index (χ2n) is 10.5. The summed E-state index contributed by atoms with van der Waals surface area (Å²) in [4.78, 5) is 40.4. The second-order valence-corrected chi connectivity index (χ2v) is 10.5. The number of amides is 2. The summed E-state index contributed by atoms with van der Waals surface area (Å²) in [5.74, 6) is -0.612. The van der Waals surface area contributed by atoms with Gasteiger partial charge in [0.15, 0.2) is 0 Å². The highest BCUT2D eigenvalue weighted by molar-refractivity contribution is 5.86. The first kappa shape index (κ1) is 28.2. The van der Waals surface area contributed by atoms with Crippen molar-refractivity contribution in [1.82, 2.24) is 15.5 Å². The van der Waals surface area contributed by atoms with Gasteiger partial charge in [0, 0.05) is 19.0 Å². The van der Waals surface area contributed by atoms with Crippen LogP contribution in [-0.2, 0) is 31.9 Å². The first-order valence-electron chi connectivity index (χ1n) is 12.8. The highest BCUT2D eigenvalue weighted by atomic mass is 16.6. The van der Waals surface area contributed by atoms with Gasteiger partial charge in [-0.05, 0) is 57.7 Å². The van der Waals surface area contributed by atoms with Gasteiger partial charge in [-0.3, -0.25) is 14.5 Å². The van der Waals surface area contributed by atoms with Crippen molar-refractivity contribution in [3.63, 3.8) is 0 Å². The molecule has 0 bridgehead atoms. The van der Waals surface area contributed by atoms with Crippen molar-refractivity contribution < 1.29 is 23.9 Å². The van der Waals surface area contributed by atoms with E-state index >= 15 is 0 Å². The number of carbonyl (C=O) groups excluding carboxylic acids is 3. The number of methoxy groups -OCH3 is 1. The predicted octanol–water partition coefficient (Wildman–Crippen LogP) is 3.49. The molecule has 0 radical (unpaired) electrons. The minimum atomic E-state index is -0.819. The van der Waals surface area contributed by atoms with Crippen LogP contribution in [0.2, 0.25) is 0 Å². The third-order valence-corrected chi connectivity index (χ3v) is 6.27. The lowest BCUT2D eigenvalue weighted by atomic mass is 10.0. The fourth-order valence-electron chi connectivity index (χ4n) is 4.58. The number of alkyl carbamates (subject to hydrolysis) is 1. The average Bonchev–Trinajstić information content (AvgIpc) is 3.25. The van der Waals surface area contributed by atoms with Crippen LogP contribution in [-0.4, -0.2) is 66.8 Å². The van der Waals surface area contributed by atoms with Crippen molar-refractivity contribution in [2.45, 2.75) is 70.2 Å². The zero-order chi connectivity index (χ0) is 26.8. The first-order valence-corrected chi connectivity index (χ1v) is 12.8. The number of ether oxygens (including phenoxy) is 2. The van der Waals surface area contributed by atoms with Crippen molar-refractivity contribution in [2.75, 3.05) is 20.2 Å². The van der Waals surface area contributed by atoms with Gasteiger partial charge in [0.05, 0.1) is 7.11 Å². The third-order valence-electron chi connectivity index (χ3n) is 6.27. The van der Waals surface area contributed by atoms with E-state index in [0.717, 1.165) is 18.4 Å². The molecule has 2 amide bonds. The van der Waals surface area contributed by atoms with E-state index in [-0.39, 0.29) is 17.9 Å². The fourth-order valence-corrected chi connectivity index (χ4v) is 4.58. The van der Waals surface area contributed by atoms with Crippen LogP contribution in [0.5, 0.6) is 0 Å². The number of rotatable bonds is 10. The van der Waals surface area contributed by atoms with Gasteiger partial charge in [-0.2, -0.15) is 0 Å². The Morgan fingerprint density at radius 2 is 1.62 bits per heavy atom. The van der Waals surface area contributed by atoms with Crippen LogP contribution in [0.1, 0.15) is 44.7 Å². The lowest BCUT2D eigenvalue weighted by molar-refractivity contribution is -0.145. The molecule has 1 aliphatic heterocycles. The molecule has 0 saturated carbocycles. The number of esters is 1. The van der Waals surface area contributed by atoms with Gasteiger partial charge in [-0.25, -0.2) is 4.79 Å². The molecule has 8 heteroatoms. The maximum Gasteiger partial charge on any atom is 0.408 e. The summed E-state index contributed by atoms with van der Waals surface area (Å²) in [5.41, 5.74) is 1.48. The second kappa shape index (κ2) is 13.2. The van der Waals surface area contributed by atoms with Gasteiger partial charge in [0.2, 0.25) is 5.91 Å². The van der Waals surface area contributed by atoms with Crippen LogP contribution in [0, 0.1) is 0 Å². The Balaban J connectivity index is 1.64. The van der Waals surface area contributed by atoms with E-state index in [2.05, 4.69) is 27.7 Å². The summed E-state index contributed by atoms with van der Waals surface area (Å²) in [6, 6.07) is 18.2. The van der Waals surface area contributed by atoms with E-state index in [1.807, 2.05) is 48.5 Å². The van der Waals surface area contributed by atoms with Crippen molar-refractivity contribution in [3.8, 4) is 0 Å². The van der Waals surface area contributed by atoms with Crippen LogP contribution < -0.4 is 10.6 Å². The molecule has 1 fully saturated rings. The molecule has 200 valence electrons. The molecule has 1 heterocycles. The average molecular weight is 510 g/mol. The van der Waals surface area contributed by atoms with Crippen LogP contribution >= 0.6 is 0 Å². The highest BCUT2D eigenvalue weighted by Crippen LogP contribution is 2.21. The van der Waals surface area contributed by atoms with E-state index in [0.29, 0.717) is 25.9 Å². The number of nitrogens with zero attached hydrogens (tertiary/aromatic N) is 1. The zero-order valence-corrected chi connectivity index (χ0v) is 22.2. The van der Waals surface area contributed by atoms with E-state index in [9.17, 15) is 14.4 Å². The molecule has 1 saturated heterocycles. The van der Waals surface area contributed by atoms with Crippen LogP contribution in [0.25, 0.3) is 0 Å². The number of hydrogen-bond acceptors (Lipinski definition) is 6. The van der Waals surface area contributed by atoms with E-state index in [1.54, 1.807) is 20.8 Å². The van der Waals surface area contributed by atoms with E-state index in [1.165, 1.54) is 12.7 Å². The maximum absolute atomic E-state index is 13.3. The van der Waals surface area contributed by atoms with Crippen LogP contribution in [0.4, 0.5) is 4.79 Å². The molecule has 37 heavy (non-hydrogen) atoms. The molecule has 2 N–H and O–H groups in total. The summed E-state index contributed by atoms with van der Waals surface area (Å²) in [6.45, 7) is 6.57. The molecule has 0 unspecified atom stereocenters. The molecule has 0 spiro atoms. The molecule has 2 aromatic rings. The maximum atomic E-state index is 13.3. The van der Waals surface area contributed by atoms with Crippen LogP contribution in [0.15, 0.2) is 60.7 Å². The van der Waals surface area contributed by atoms with E-state index in [4.69, 9.17) is 9.47 Å². The topological polar surface area (TPSA) is 97.0 Å². The SMILES string of the molecule is COC(=O)[C@@H]1C[C@H](NC(=O)[C@H](Cc2ccccc2)NC(=O)OC(C)(C)C)CN1CCCc1ccccc1. The monoisotopic (exact) mass is 509 g/mol. The van der Waals surface area contributed by atoms with Gasteiger partial charge in [0.1, 0.15) is 17.7 Å². The van der Waals surface area contributed by atoms with E-state index < -0.39 is 23.8 Å². The molecule has 3 atom stereocenters. The fraction of sp³-hybridized carbons (Fsp3) is 0.483. The van der Waals surface area contributed by atoms with Gasteiger partial charge in [-0.15, -0.1) is 0 Å². The van der Waals surface area contributed by atoms with Crippen molar-refractivity contribution in [3.05, 3.63) is 71.8 Å². The third kappa shape index (κ3) is 9.21. The Bertz CT molecular complexity index is 1020. The highest BCUT2D eigenvalue weighted by Gasteiger charge is 2.38. The molecule has 2 aromatic carbocycles. The Kier molecular flexibility index (Phi) is 10.1. The number of nitrogens with one attached hydrogen (secondary N) is 2. The Morgan fingerprint density at radius 1 is 1.00 bits per heavy atom. The Labute approximate surface area is 219 Å². The first-order chi connectivity index (χ1) is 17.6. The molecule has 1 aliphatic rings. The van der Waals surface area contributed by atoms with Crippen molar-refractivity contribution >= 4 is 18.0 Å². The number of benzene rings is 2. The molecular weight excluding hydrogens is 470 g/mol. The molecular formula is C29H39N3O5. The molecule has 0 aliphatic carbocycles. The minimum Gasteiger partial charge on any atom is -0.468 e. The normalized spacial score (nSPS) is 18.6. The van der Waals surface area contributed by atoms with Crippen molar-refractivity contribution in [2.24, 2.45) is 0 Å². The lowest BCUT2D eigenvalue weighted by Gasteiger charge is -2.24. The predicted molar refractivity (Wildman–Crippen MR) is 142 cm³/mol. The largest absolute Gasteiger partial charge is 0.468 e. The summed E-state index contributed by atoms with van der Waals surface area (Å²) in [6.07, 6.45) is 1.91. The molecule has 0 aromatic heterocycles. The van der Waals surface area contributed by atoms with Crippen LogP contribution in [0.3, 0.4) is 0 Å². The lowest BCUT2D eigenvalue weighted by Crippen LogP contribution is -2.52. The number of hydrogen-bond donors (Lipinski definition) is 2. The number of carbonyl (C=O) groups is 3. The summed E-state index contributed by atoms with van der Waals surface area (Å²) in [7, 11) is 1.39. The Morgan fingerprint density at radius 3 is 2.22 bits per heavy atom. The molecule has 3 rings (SSSR count). The number of aryl methyl sites for hydroxylation is 1. The quantitative estimate of drug-likeness (QED) is 0.476. The summed E-state index contributed by atoms with van der Waals surface area (Å²) < 4.78 is 10.4. The Hall–Kier alpha value is -3.39. The van der Waals surface area contributed by atoms with Gasteiger partial charge >= 0.3 is 12.1 Å². The van der Waals surface area contributed by atoms with Crippen molar-refractivity contribution in [1.29, 1.82) is 0 Å².